The Morgan fingerprint density at radius 2 is 2.11 bits per heavy atom. The lowest BCUT2D eigenvalue weighted by molar-refractivity contribution is -0.141. The van der Waals surface area contributed by atoms with Gasteiger partial charge in [-0.2, -0.15) is 0 Å². The van der Waals surface area contributed by atoms with Gasteiger partial charge >= 0.3 is 5.97 Å². The summed E-state index contributed by atoms with van der Waals surface area (Å²) in [6, 6.07) is 2.99. The Hall–Kier alpha value is -3.43. The fraction of sp³-hybridized carbons (Fsp3) is 0.389. The van der Waals surface area contributed by atoms with E-state index in [2.05, 4.69) is 10.6 Å². The molecule has 1 saturated heterocycles. The van der Waals surface area contributed by atoms with Crippen molar-refractivity contribution in [2.75, 3.05) is 6.61 Å². The maximum Gasteiger partial charge on any atom is 0.325 e. The monoisotopic (exact) mass is 389 g/mol. The van der Waals surface area contributed by atoms with Crippen LogP contribution in [0.2, 0.25) is 0 Å². The van der Waals surface area contributed by atoms with Crippen LogP contribution in [0.25, 0.3) is 0 Å². The van der Waals surface area contributed by atoms with Crippen LogP contribution in [0, 0.1) is 0 Å². The van der Waals surface area contributed by atoms with Crippen molar-refractivity contribution in [2.45, 2.75) is 38.4 Å². The summed E-state index contributed by atoms with van der Waals surface area (Å²) in [5.74, 6) is -2.70. The number of nitrogens with zero attached hydrogens (tertiary/aromatic N) is 1. The SMILES string of the molecule is C[C@H](NC(=O)COc1cccc2c1CN(C1CCC(=O)NC1=O)C2=O)C(=O)O. The number of benzene rings is 1. The molecule has 10 nitrogen and oxygen atoms in total. The first-order valence-corrected chi connectivity index (χ1v) is 8.69. The fourth-order valence-electron chi connectivity index (χ4n) is 3.18. The van der Waals surface area contributed by atoms with Crippen molar-refractivity contribution in [2.24, 2.45) is 0 Å². The smallest absolute Gasteiger partial charge is 0.325 e. The van der Waals surface area contributed by atoms with Crippen LogP contribution in [-0.2, 0) is 25.7 Å². The zero-order valence-electron chi connectivity index (χ0n) is 15.1. The quantitative estimate of drug-likeness (QED) is 0.552. The molecule has 0 aliphatic carbocycles. The molecule has 0 saturated carbocycles. The highest BCUT2D eigenvalue weighted by molar-refractivity contribution is 6.05. The zero-order chi connectivity index (χ0) is 20.4. The number of piperidine rings is 1. The molecule has 0 bridgehead atoms. The molecule has 1 aromatic rings. The minimum atomic E-state index is -1.17. The summed E-state index contributed by atoms with van der Waals surface area (Å²) < 4.78 is 5.48. The minimum Gasteiger partial charge on any atom is -0.483 e. The maximum absolute atomic E-state index is 12.7. The summed E-state index contributed by atoms with van der Waals surface area (Å²) in [5.41, 5.74) is 0.901. The van der Waals surface area contributed by atoms with Gasteiger partial charge in [-0.3, -0.25) is 29.3 Å². The summed E-state index contributed by atoms with van der Waals surface area (Å²) in [7, 11) is 0. The first-order valence-electron chi connectivity index (χ1n) is 8.69. The van der Waals surface area contributed by atoms with E-state index in [-0.39, 0.29) is 31.2 Å². The Bertz CT molecular complexity index is 867. The largest absolute Gasteiger partial charge is 0.483 e. The van der Waals surface area contributed by atoms with E-state index >= 15 is 0 Å². The molecule has 0 radical (unpaired) electrons. The third-order valence-corrected chi connectivity index (χ3v) is 4.65. The van der Waals surface area contributed by atoms with Crippen molar-refractivity contribution in [3.8, 4) is 5.75 Å². The van der Waals surface area contributed by atoms with Gasteiger partial charge in [0.15, 0.2) is 6.61 Å². The molecule has 0 aromatic heterocycles. The van der Waals surface area contributed by atoms with Crippen LogP contribution < -0.4 is 15.4 Å². The van der Waals surface area contributed by atoms with E-state index in [1.807, 2.05) is 0 Å². The van der Waals surface area contributed by atoms with E-state index in [4.69, 9.17) is 9.84 Å². The van der Waals surface area contributed by atoms with Crippen molar-refractivity contribution in [1.82, 2.24) is 15.5 Å². The lowest BCUT2D eigenvalue weighted by Crippen LogP contribution is -2.52. The van der Waals surface area contributed by atoms with Gasteiger partial charge in [-0.25, -0.2) is 0 Å². The highest BCUT2D eigenvalue weighted by Crippen LogP contribution is 2.33. The third kappa shape index (κ3) is 3.80. The van der Waals surface area contributed by atoms with Gasteiger partial charge in [0, 0.05) is 17.5 Å². The minimum absolute atomic E-state index is 0.115. The van der Waals surface area contributed by atoms with Crippen LogP contribution in [-0.4, -0.2) is 58.3 Å². The number of carboxylic acid groups (broad SMARTS) is 1. The molecule has 2 aliphatic heterocycles. The lowest BCUT2D eigenvalue weighted by Gasteiger charge is -2.29. The number of nitrogens with one attached hydrogen (secondary N) is 2. The average Bonchev–Trinajstić information content (AvgIpc) is 2.97. The van der Waals surface area contributed by atoms with E-state index in [1.165, 1.54) is 11.8 Å². The number of hydrogen-bond acceptors (Lipinski definition) is 6. The van der Waals surface area contributed by atoms with Crippen molar-refractivity contribution in [3.05, 3.63) is 29.3 Å². The predicted octanol–water partition coefficient (Wildman–Crippen LogP) is -0.584. The molecule has 148 valence electrons. The molecular weight excluding hydrogens is 370 g/mol. The van der Waals surface area contributed by atoms with Crippen molar-refractivity contribution < 1.29 is 33.8 Å². The first-order chi connectivity index (χ1) is 13.3. The molecule has 3 N–H and O–H groups in total. The topological polar surface area (TPSA) is 142 Å². The van der Waals surface area contributed by atoms with E-state index in [0.717, 1.165) is 0 Å². The van der Waals surface area contributed by atoms with Gasteiger partial charge in [0.2, 0.25) is 11.8 Å². The average molecular weight is 389 g/mol. The van der Waals surface area contributed by atoms with E-state index in [1.54, 1.807) is 18.2 Å². The summed E-state index contributed by atoms with van der Waals surface area (Å²) in [6.07, 6.45) is 0.401. The number of ether oxygens (including phenoxy) is 1. The Morgan fingerprint density at radius 3 is 2.79 bits per heavy atom. The normalized spacial score (nSPS) is 19.7. The Kier molecular flexibility index (Phi) is 5.30. The molecule has 4 amide bonds. The number of carboxylic acids is 1. The highest BCUT2D eigenvalue weighted by Gasteiger charge is 2.40. The van der Waals surface area contributed by atoms with Crippen LogP contribution >= 0.6 is 0 Å². The van der Waals surface area contributed by atoms with Crippen molar-refractivity contribution in [1.29, 1.82) is 0 Å². The van der Waals surface area contributed by atoms with Gasteiger partial charge in [0.05, 0.1) is 6.54 Å². The summed E-state index contributed by atoms with van der Waals surface area (Å²) in [6.45, 7) is 1.03. The van der Waals surface area contributed by atoms with Gasteiger partial charge in [-0.15, -0.1) is 0 Å². The number of aliphatic carboxylic acids is 1. The molecule has 28 heavy (non-hydrogen) atoms. The first kappa shape index (κ1) is 19.3. The van der Waals surface area contributed by atoms with Crippen LogP contribution in [0.15, 0.2) is 18.2 Å². The van der Waals surface area contributed by atoms with E-state index in [0.29, 0.717) is 16.9 Å². The Labute approximate surface area is 159 Å². The molecule has 2 aliphatic rings. The second-order valence-corrected chi connectivity index (χ2v) is 6.60. The summed E-state index contributed by atoms with van der Waals surface area (Å²) in [4.78, 5) is 60.1. The number of amides is 4. The molecular formula is C18H19N3O7. The van der Waals surface area contributed by atoms with Crippen LogP contribution in [0.3, 0.4) is 0 Å². The van der Waals surface area contributed by atoms with Crippen LogP contribution in [0.4, 0.5) is 0 Å². The zero-order valence-corrected chi connectivity index (χ0v) is 15.1. The maximum atomic E-state index is 12.7. The van der Waals surface area contributed by atoms with E-state index in [9.17, 15) is 24.0 Å². The van der Waals surface area contributed by atoms with Gasteiger partial charge < -0.3 is 20.1 Å². The van der Waals surface area contributed by atoms with Crippen LogP contribution in [0.5, 0.6) is 5.75 Å². The number of imide groups is 1. The second-order valence-electron chi connectivity index (χ2n) is 6.60. The predicted molar refractivity (Wildman–Crippen MR) is 93.2 cm³/mol. The molecule has 1 fully saturated rings. The highest BCUT2D eigenvalue weighted by atomic mass is 16.5. The molecule has 0 spiro atoms. The Balaban J connectivity index is 1.70. The standard InChI is InChI=1S/C18H19N3O7/c1-9(18(26)27)19-15(23)8-28-13-4-2-3-10-11(13)7-21(17(10)25)12-5-6-14(22)20-16(12)24/h2-4,9,12H,5-8H2,1H3,(H,19,23)(H,26,27)(H,20,22,24)/t9-,12?/m0/s1. The molecule has 3 rings (SSSR count). The van der Waals surface area contributed by atoms with Crippen molar-refractivity contribution >= 4 is 29.6 Å². The van der Waals surface area contributed by atoms with Gasteiger partial charge in [0.1, 0.15) is 17.8 Å². The van der Waals surface area contributed by atoms with Gasteiger partial charge in [0.25, 0.3) is 11.8 Å². The van der Waals surface area contributed by atoms with E-state index < -0.39 is 36.5 Å². The van der Waals surface area contributed by atoms with Gasteiger partial charge in [-0.1, -0.05) is 6.07 Å². The molecule has 2 heterocycles. The lowest BCUT2D eigenvalue weighted by atomic mass is 10.0. The number of rotatable bonds is 6. The number of carbonyl (C=O) groups is 5. The summed E-state index contributed by atoms with van der Waals surface area (Å²) >= 11 is 0. The molecule has 1 aromatic carbocycles. The Morgan fingerprint density at radius 1 is 1.36 bits per heavy atom. The third-order valence-electron chi connectivity index (χ3n) is 4.65. The fourth-order valence-corrected chi connectivity index (χ4v) is 3.18. The molecule has 10 heteroatoms. The molecule has 1 unspecified atom stereocenters. The van der Waals surface area contributed by atoms with Crippen LogP contribution in [0.1, 0.15) is 35.7 Å². The number of hydrogen-bond donors (Lipinski definition) is 3. The van der Waals surface area contributed by atoms with Gasteiger partial charge in [-0.05, 0) is 25.5 Å². The number of fused-ring (bicyclic) bond motifs is 1. The summed E-state index contributed by atoms with van der Waals surface area (Å²) in [5, 5.41) is 13.3. The number of carbonyl (C=O) groups excluding carboxylic acids is 4. The second kappa shape index (κ2) is 7.67. The van der Waals surface area contributed by atoms with Crippen molar-refractivity contribution in [3.63, 3.8) is 0 Å². The molecule has 2 atom stereocenters.